The summed E-state index contributed by atoms with van der Waals surface area (Å²) < 4.78 is 5.07. The van der Waals surface area contributed by atoms with Crippen LogP contribution in [0.15, 0.2) is 24.3 Å². The van der Waals surface area contributed by atoms with Crippen molar-refractivity contribution >= 4 is 17.5 Å². The van der Waals surface area contributed by atoms with Gasteiger partial charge in [0.25, 0.3) is 0 Å². The van der Waals surface area contributed by atoms with E-state index in [2.05, 4.69) is 5.32 Å². The topological polar surface area (TPSA) is 58.6 Å². The van der Waals surface area contributed by atoms with E-state index < -0.39 is 5.41 Å². The summed E-state index contributed by atoms with van der Waals surface area (Å²) in [5.74, 6) is 0.231. The Morgan fingerprint density at radius 1 is 1.14 bits per heavy atom. The molecule has 1 rings (SSSR count). The Hall–Kier alpha value is -2.04. The normalized spacial score (nSPS) is 10.9. The first-order chi connectivity index (χ1) is 9.86. The zero-order valence-corrected chi connectivity index (χ0v) is 13.4. The van der Waals surface area contributed by atoms with Crippen LogP contribution in [-0.2, 0) is 9.59 Å². The minimum atomic E-state index is -1.11. The van der Waals surface area contributed by atoms with Crippen molar-refractivity contribution in [3.63, 3.8) is 0 Å². The molecule has 116 valence electrons. The summed E-state index contributed by atoms with van der Waals surface area (Å²) in [5, 5.41) is 2.78. The lowest BCUT2D eigenvalue weighted by atomic mass is 9.90. The van der Waals surface area contributed by atoms with Crippen molar-refractivity contribution in [3.8, 4) is 5.75 Å². The van der Waals surface area contributed by atoms with Gasteiger partial charge in [-0.3, -0.25) is 9.59 Å². The average Bonchev–Trinajstić information content (AvgIpc) is 2.49. The highest BCUT2D eigenvalue weighted by Gasteiger charge is 2.38. The number of methoxy groups -OCH3 is 1. The number of carbonyl (C=O) groups excluding carboxylic acids is 2. The highest BCUT2D eigenvalue weighted by molar-refractivity contribution is 6.09. The number of carbonyl (C=O) groups is 2. The summed E-state index contributed by atoms with van der Waals surface area (Å²) in [4.78, 5) is 26.4. The van der Waals surface area contributed by atoms with E-state index in [9.17, 15) is 9.59 Å². The molecule has 0 radical (unpaired) electrons. The number of rotatable bonds is 6. The van der Waals surface area contributed by atoms with Gasteiger partial charge in [-0.1, -0.05) is 0 Å². The molecule has 0 bridgehead atoms. The van der Waals surface area contributed by atoms with Gasteiger partial charge in [0.2, 0.25) is 11.8 Å². The Labute approximate surface area is 126 Å². The smallest absolute Gasteiger partial charge is 0.239 e. The van der Waals surface area contributed by atoms with Crippen LogP contribution in [0, 0.1) is 5.41 Å². The number of amides is 2. The Balaban J connectivity index is 2.82. The van der Waals surface area contributed by atoms with Crippen molar-refractivity contribution in [2.75, 3.05) is 25.5 Å². The number of nitrogens with one attached hydrogen (secondary N) is 1. The predicted octanol–water partition coefficient (Wildman–Crippen LogP) is 2.53. The molecule has 0 aliphatic carbocycles. The van der Waals surface area contributed by atoms with Crippen LogP contribution in [-0.4, -0.2) is 36.9 Å². The Morgan fingerprint density at radius 2 is 1.67 bits per heavy atom. The zero-order chi connectivity index (χ0) is 16.0. The molecule has 0 saturated heterocycles. The number of hydrogen-bond donors (Lipinski definition) is 1. The molecule has 0 heterocycles. The van der Waals surface area contributed by atoms with Crippen molar-refractivity contribution in [2.24, 2.45) is 5.41 Å². The van der Waals surface area contributed by atoms with Crippen LogP contribution < -0.4 is 10.1 Å². The molecule has 0 fully saturated rings. The average molecular weight is 292 g/mol. The van der Waals surface area contributed by atoms with E-state index in [1.165, 1.54) is 0 Å². The molecule has 21 heavy (non-hydrogen) atoms. The van der Waals surface area contributed by atoms with Gasteiger partial charge in [0.1, 0.15) is 11.2 Å². The molecular weight excluding hydrogens is 268 g/mol. The molecule has 0 aliphatic rings. The summed E-state index contributed by atoms with van der Waals surface area (Å²) in [6, 6.07) is 7.01. The van der Waals surface area contributed by atoms with Crippen molar-refractivity contribution < 1.29 is 14.3 Å². The molecule has 1 aromatic carbocycles. The number of nitrogens with zero attached hydrogens (tertiary/aromatic N) is 1. The minimum Gasteiger partial charge on any atom is -0.497 e. The summed E-state index contributed by atoms with van der Waals surface area (Å²) in [6.45, 7) is 8.28. The number of anilines is 1. The van der Waals surface area contributed by atoms with Gasteiger partial charge in [-0.15, -0.1) is 0 Å². The van der Waals surface area contributed by atoms with Gasteiger partial charge in [-0.05, 0) is 52.0 Å². The van der Waals surface area contributed by atoms with Gasteiger partial charge in [0, 0.05) is 18.8 Å². The molecule has 0 unspecified atom stereocenters. The number of benzene rings is 1. The largest absolute Gasteiger partial charge is 0.497 e. The molecule has 0 spiro atoms. The van der Waals surface area contributed by atoms with Crippen molar-refractivity contribution in [1.29, 1.82) is 0 Å². The second-order valence-electron chi connectivity index (χ2n) is 5.29. The monoisotopic (exact) mass is 292 g/mol. The number of ether oxygens (including phenoxy) is 1. The second-order valence-corrected chi connectivity index (χ2v) is 5.29. The number of hydrogen-bond acceptors (Lipinski definition) is 3. The molecule has 2 amide bonds. The van der Waals surface area contributed by atoms with Crippen LogP contribution in [0.3, 0.4) is 0 Å². The quantitative estimate of drug-likeness (QED) is 0.820. The first-order valence-electron chi connectivity index (χ1n) is 7.11. The predicted molar refractivity (Wildman–Crippen MR) is 83.3 cm³/mol. The van der Waals surface area contributed by atoms with E-state index in [1.807, 2.05) is 13.8 Å². The Bertz CT molecular complexity index is 491. The third-order valence-electron chi connectivity index (χ3n) is 3.50. The van der Waals surface area contributed by atoms with Crippen LogP contribution in [0.2, 0.25) is 0 Å². The molecule has 1 N–H and O–H groups in total. The molecule has 5 heteroatoms. The summed E-state index contributed by atoms with van der Waals surface area (Å²) in [5.41, 5.74) is -0.465. The summed E-state index contributed by atoms with van der Waals surface area (Å²) in [6.07, 6.45) is 0. The highest BCUT2D eigenvalue weighted by Crippen LogP contribution is 2.23. The van der Waals surface area contributed by atoms with Crippen LogP contribution in [0.1, 0.15) is 27.7 Å². The van der Waals surface area contributed by atoms with Crippen LogP contribution in [0.25, 0.3) is 0 Å². The van der Waals surface area contributed by atoms with Crippen LogP contribution >= 0.6 is 0 Å². The standard InChI is InChI=1S/C16H24N2O3/c1-6-18(7-2)15(20)16(3,4)14(19)17-12-8-10-13(21-5)11-9-12/h8-11H,6-7H2,1-5H3,(H,17,19). The van der Waals surface area contributed by atoms with Crippen molar-refractivity contribution in [2.45, 2.75) is 27.7 Å². The van der Waals surface area contributed by atoms with E-state index in [0.717, 1.165) is 0 Å². The molecule has 0 aromatic heterocycles. The van der Waals surface area contributed by atoms with Crippen molar-refractivity contribution in [3.05, 3.63) is 24.3 Å². The van der Waals surface area contributed by atoms with E-state index >= 15 is 0 Å². The van der Waals surface area contributed by atoms with Gasteiger partial charge in [0.15, 0.2) is 0 Å². The fraction of sp³-hybridized carbons (Fsp3) is 0.500. The first-order valence-corrected chi connectivity index (χ1v) is 7.11. The highest BCUT2D eigenvalue weighted by atomic mass is 16.5. The third-order valence-corrected chi connectivity index (χ3v) is 3.50. The maximum Gasteiger partial charge on any atom is 0.239 e. The molecular formula is C16H24N2O3. The Kier molecular flexibility index (Phi) is 5.76. The van der Waals surface area contributed by atoms with E-state index in [0.29, 0.717) is 24.5 Å². The molecule has 1 aromatic rings. The van der Waals surface area contributed by atoms with Gasteiger partial charge >= 0.3 is 0 Å². The molecule has 0 saturated carbocycles. The minimum absolute atomic E-state index is 0.168. The third kappa shape index (κ3) is 3.97. The molecule has 0 aliphatic heterocycles. The van der Waals surface area contributed by atoms with Gasteiger partial charge in [0.05, 0.1) is 7.11 Å². The zero-order valence-electron chi connectivity index (χ0n) is 13.4. The van der Waals surface area contributed by atoms with Crippen molar-refractivity contribution in [1.82, 2.24) is 4.90 Å². The molecule has 0 atom stereocenters. The van der Waals surface area contributed by atoms with Crippen LogP contribution in [0.4, 0.5) is 5.69 Å². The summed E-state index contributed by atoms with van der Waals surface area (Å²) in [7, 11) is 1.58. The lowest BCUT2D eigenvalue weighted by molar-refractivity contribution is -0.146. The lowest BCUT2D eigenvalue weighted by Gasteiger charge is -2.29. The fourth-order valence-corrected chi connectivity index (χ4v) is 1.96. The fourth-order valence-electron chi connectivity index (χ4n) is 1.96. The van der Waals surface area contributed by atoms with E-state index in [4.69, 9.17) is 4.74 Å². The van der Waals surface area contributed by atoms with Gasteiger partial charge < -0.3 is 15.0 Å². The molecule has 5 nitrogen and oxygen atoms in total. The lowest BCUT2D eigenvalue weighted by Crippen LogP contribution is -2.47. The first kappa shape index (κ1) is 17.0. The SMILES string of the molecule is CCN(CC)C(=O)C(C)(C)C(=O)Nc1ccc(OC)cc1. The second kappa shape index (κ2) is 7.11. The maximum atomic E-state index is 12.4. The van der Waals surface area contributed by atoms with E-state index in [1.54, 1.807) is 50.1 Å². The van der Waals surface area contributed by atoms with Gasteiger partial charge in [-0.2, -0.15) is 0 Å². The Morgan fingerprint density at radius 3 is 2.10 bits per heavy atom. The summed E-state index contributed by atoms with van der Waals surface area (Å²) >= 11 is 0. The van der Waals surface area contributed by atoms with E-state index in [-0.39, 0.29) is 11.8 Å². The maximum absolute atomic E-state index is 12.4. The van der Waals surface area contributed by atoms with Crippen LogP contribution in [0.5, 0.6) is 5.75 Å². The van der Waals surface area contributed by atoms with Gasteiger partial charge in [-0.25, -0.2) is 0 Å².